The van der Waals surface area contributed by atoms with Crippen LogP contribution >= 0.6 is 23.2 Å². The van der Waals surface area contributed by atoms with E-state index in [9.17, 15) is 22.4 Å². The van der Waals surface area contributed by atoms with Gasteiger partial charge >= 0.3 is 0 Å². The third-order valence-corrected chi connectivity index (χ3v) is 7.89. The van der Waals surface area contributed by atoms with Gasteiger partial charge in [-0.3, -0.25) is 13.9 Å². The molecule has 2 amide bonds. The first-order valence-electron chi connectivity index (χ1n) is 11.2. The molecule has 0 aromatic heterocycles. The molecule has 1 saturated carbocycles. The van der Waals surface area contributed by atoms with Gasteiger partial charge in [0.25, 0.3) is 0 Å². The molecule has 3 rings (SSSR count). The zero-order valence-electron chi connectivity index (χ0n) is 19.5. The molecule has 0 heterocycles. The van der Waals surface area contributed by atoms with E-state index in [4.69, 9.17) is 23.2 Å². The predicted molar refractivity (Wildman–Crippen MR) is 135 cm³/mol. The van der Waals surface area contributed by atoms with Crippen LogP contribution in [0.2, 0.25) is 10.0 Å². The van der Waals surface area contributed by atoms with Crippen molar-refractivity contribution in [1.82, 2.24) is 10.2 Å². The average molecular weight is 544 g/mol. The molecule has 1 aliphatic carbocycles. The van der Waals surface area contributed by atoms with E-state index in [-0.39, 0.29) is 24.2 Å². The Balaban J connectivity index is 1.93. The quantitative estimate of drug-likeness (QED) is 0.508. The zero-order valence-corrected chi connectivity index (χ0v) is 21.8. The van der Waals surface area contributed by atoms with Crippen LogP contribution in [0.5, 0.6) is 0 Å². The monoisotopic (exact) mass is 543 g/mol. The van der Waals surface area contributed by atoms with E-state index in [1.54, 1.807) is 25.1 Å². The van der Waals surface area contributed by atoms with Crippen LogP contribution in [-0.2, 0) is 26.2 Å². The topological polar surface area (TPSA) is 86.8 Å². The Morgan fingerprint density at radius 2 is 1.69 bits per heavy atom. The molecule has 190 valence electrons. The maximum Gasteiger partial charge on any atom is 0.244 e. The normalized spacial score (nSPS) is 15.0. The van der Waals surface area contributed by atoms with Gasteiger partial charge in [0.05, 0.1) is 11.9 Å². The van der Waals surface area contributed by atoms with Gasteiger partial charge in [0, 0.05) is 28.2 Å². The third-order valence-electron chi connectivity index (χ3n) is 6.06. The maximum absolute atomic E-state index is 14.5. The van der Waals surface area contributed by atoms with Crippen molar-refractivity contribution in [2.24, 2.45) is 0 Å². The second kappa shape index (κ2) is 11.6. The van der Waals surface area contributed by atoms with Gasteiger partial charge in [0.15, 0.2) is 0 Å². The molecule has 0 spiro atoms. The number of halogens is 3. The Hall–Kier alpha value is -2.36. The van der Waals surface area contributed by atoms with Crippen LogP contribution in [0.25, 0.3) is 0 Å². The van der Waals surface area contributed by atoms with Crippen LogP contribution in [0.15, 0.2) is 42.5 Å². The number of rotatable bonds is 9. The number of hydrogen-bond donors (Lipinski definition) is 1. The van der Waals surface area contributed by atoms with Gasteiger partial charge in [-0.1, -0.05) is 54.2 Å². The van der Waals surface area contributed by atoms with Crippen molar-refractivity contribution in [2.75, 3.05) is 17.1 Å². The minimum atomic E-state index is -4.03. The van der Waals surface area contributed by atoms with Gasteiger partial charge in [0.2, 0.25) is 21.8 Å². The molecule has 7 nitrogen and oxygen atoms in total. The highest BCUT2D eigenvalue weighted by molar-refractivity contribution is 7.92. The van der Waals surface area contributed by atoms with Crippen molar-refractivity contribution < 1.29 is 22.4 Å². The highest BCUT2D eigenvalue weighted by Gasteiger charge is 2.32. The molecule has 2 aromatic rings. The fourth-order valence-electron chi connectivity index (χ4n) is 4.08. The predicted octanol–water partition coefficient (Wildman–Crippen LogP) is 4.37. The van der Waals surface area contributed by atoms with Gasteiger partial charge in [-0.15, -0.1) is 0 Å². The largest absolute Gasteiger partial charge is 0.352 e. The number of carbonyl (C=O) groups excluding carboxylic acids is 2. The molecule has 0 radical (unpaired) electrons. The lowest BCUT2D eigenvalue weighted by molar-refractivity contribution is -0.139. The number of sulfonamides is 1. The van der Waals surface area contributed by atoms with Gasteiger partial charge < -0.3 is 10.2 Å². The van der Waals surface area contributed by atoms with Crippen LogP contribution in [0, 0.1) is 5.82 Å². The zero-order chi connectivity index (χ0) is 25.8. The first-order chi connectivity index (χ1) is 16.5. The van der Waals surface area contributed by atoms with E-state index < -0.39 is 34.3 Å². The van der Waals surface area contributed by atoms with E-state index in [1.807, 2.05) is 0 Å². The number of hydrogen-bond acceptors (Lipinski definition) is 4. The van der Waals surface area contributed by atoms with E-state index in [1.165, 1.54) is 23.1 Å². The summed E-state index contributed by atoms with van der Waals surface area (Å²) in [6.07, 6.45) is 4.64. The van der Waals surface area contributed by atoms with Gasteiger partial charge in [-0.05, 0) is 44.0 Å². The van der Waals surface area contributed by atoms with Crippen LogP contribution in [0.1, 0.15) is 38.2 Å². The summed E-state index contributed by atoms with van der Waals surface area (Å²) >= 11 is 12.6. The van der Waals surface area contributed by atoms with Crippen molar-refractivity contribution in [3.05, 3.63) is 63.9 Å². The molecule has 0 bridgehead atoms. The Morgan fingerprint density at radius 3 is 2.26 bits per heavy atom. The third kappa shape index (κ3) is 6.86. The molecule has 1 N–H and O–H groups in total. The highest BCUT2D eigenvalue weighted by atomic mass is 35.5. The van der Waals surface area contributed by atoms with Crippen molar-refractivity contribution in [3.63, 3.8) is 0 Å². The number of anilines is 1. The number of carbonyl (C=O) groups is 2. The van der Waals surface area contributed by atoms with E-state index >= 15 is 0 Å². The number of benzene rings is 2. The van der Waals surface area contributed by atoms with Crippen molar-refractivity contribution in [2.45, 2.75) is 51.2 Å². The summed E-state index contributed by atoms with van der Waals surface area (Å²) in [5.74, 6) is -1.87. The van der Waals surface area contributed by atoms with Crippen LogP contribution in [0.3, 0.4) is 0 Å². The minimum absolute atomic E-state index is 0.0248. The lowest BCUT2D eigenvalue weighted by atomic mass is 10.1. The Bertz CT molecular complexity index is 1170. The summed E-state index contributed by atoms with van der Waals surface area (Å²) in [4.78, 5) is 27.8. The summed E-state index contributed by atoms with van der Waals surface area (Å²) in [5, 5.41) is 3.56. The number of nitrogens with zero attached hydrogens (tertiary/aromatic N) is 2. The lowest BCUT2D eigenvalue weighted by Gasteiger charge is -2.32. The van der Waals surface area contributed by atoms with Crippen molar-refractivity contribution in [3.8, 4) is 0 Å². The van der Waals surface area contributed by atoms with Gasteiger partial charge in [-0.25, -0.2) is 12.8 Å². The summed E-state index contributed by atoms with van der Waals surface area (Å²) in [6, 6.07) is 9.21. The molecule has 2 aromatic carbocycles. The highest BCUT2D eigenvalue weighted by Crippen LogP contribution is 2.28. The summed E-state index contributed by atoms with van der Waals surface area (Å²) < 4.78 is 40.2. The minimum Gasteiger partial charge on any atom is -0.352 e. The van der Waals surface area contributed by atoms with Crippen LogP contribution in [0.4, 0.5) is 10.1 Å². The Kier molecular flexibility index (Phi) is 9.01. The SMILES string of the molecule is CC(C(=O)NC1CCCC1)N(Cc1c(Cl)cccc1Cl)C(=O)CN(c1ccccc1F)S(C)(=O)=O. The average Bonchev–Trinajstić information content (AvgIpc) is 3.29. The molecule has 0 aliphatic heterocycles. The fraction of sp³-hybridized carbons (Fsp3) is 0.417. The standard InChI is InChI=1S/C24H28Cl2FN3O4S/c1-16(24(32)28-17-8-3-4-9-17)29(14-18-19(25)10-7-11-20(18)26)23(31)15-30(35(2,33)34)22-13-6-5-12-21(22)27/h5-7,10-13,16-17H,3-4,8-9,14-15H2,1-2H3,(H,28,32). The van der Waals surface area contributed by atoms with E-state index in [0.29, 0.717) is 19.9 Å². The van der Waals surface area contributed by atoms with E-state index in [0.717, 1.165) is 38.0 Å². The molecule has 1 fully saturated rings. The van der Waals surface area contributed by atoms with Crippen molar-refractivity contribution in [1.29, 1.82) is 0 Å². The second-order valence-electron chi connectivity index (χ2n) is 8.61. The molecule has 35 heavy (non-hydrogen) atoms. The molecule has 1 aliphatic rings. The lowest BCUT2D eigenvalue weighted by Crippen LogP contribution is -2.52. The fourth-order valence-corrected chi connectivity index (χ4v) is 5.44. The Labute approximate surface area is 215 Å². The molecule has 1 atom stereocenters. The summed E-state index contributed by atoms with van der Waals surface area (Å²) in [6.45, 7) is 0.717. The van der Waals surface area contributed by atoms with Crippen molar-refractivity contribution >= 4 is 50.7 Å². The molecular weight excluding hydrogens is 516 g/mol. The first-order valence-corrected chi connectivity index (χ1v) is 13.8. The van der Waals surface area contributed by atoms with Crippen LogP contribution < -0.4 is 9.62 Å². The molecule has 1 unspecified atom stereocenters. The number of nitrogens with one attached hydrogen (secondary N) is 1. The maximum atomic E-state index is 14.5. The smallest absolute Gasteiger partial charge is 0.244 e. The molecule has 0 saturated heterocycles. The summed E-state index contributed by atoms with van der Waals surface area (Å²) in [7, 11) is -4.03. The van der Waals surface area contributed by atoms with E-state index in [2.05, 4.69) is 5.32 Å². The molecule has 11 heteroatoms. The molecular formula is C24H28Cl2FN3O4S. The number of para-hydroxylation sites is 1. The Morgan fingerprint density at radius 1 is 1.09 bits per heavy atom. The van der Waals surface area contributed by atoms with Gasteiger partial charge in [0.1, 0.15) is 18.4 Å². The van der Waals surface area contributed by atoms with Gasteiger partial charge in [-0.2, -0.15) is 0 Å². The van der Waals surface area contributed by atoms with Crippen LogP contribution in [-0.4, -0.2) is 50.0 Å². The number of amides is 2. The summed E-state index contributed by atoms with van der Waals surface area (Å²) in [5.41, 5.74) is 0.156. The first kappa shape index (κ1) is 27.2. The second-order valence-corrected chi connectivity index (χ2v) is 11.3.